The van der Waals surface area contributed by atoms with Crippen LogP contribution in [-0.4, -0.2) is 13.0 Å². The van der Waals surface area contributed by atoms with E-state index in [1.54, 1.807) is 0 Å². The van der Waals surface area contributed by atoms with Gasteiger partial charge in [-0.2, -0.15) is 8.42 Å². The van der Waals surface area contributed by atoms with Gasteiger partial charge in [0.25, 0.3) is 10.1 Å². The summed E-state index contributed by atoms with van der Waals surface area (Å²) in [5.74, 6) is 0.780. The van der Waals surface area contributed by atoms with Crippen LogP contribution in [-0.2, 0) is 10.1 Å². The van der Waals surface area contributed by atoms with Crippen LogP contribution >= 0.6 is 0 Å². The molecule has 0 aromatic heterocycles. The smallest absolute Gasteiger partial charge is 0.294 e. The Kier molecular flexibility index (Phi) is 3.28. The number of hydrogen-bond acceptors (Lipinski definition) is 3. The minimum Gasteiger partial charge on any atom is -0.458 e. The molecule has 5 heteroatoms. The fraction of sp³-hybridized carbons (Fsp3) is 0. The van der Waals surface area contributed by atoms with Gasteiger partial charge in [0.2, 0.25) is 0 Å². The zero-order valence-electron chi connectivity index (χ0n) is 7.88. The van der Waals surface area contributed by atoms with Gasteiger partial charge in [0.15, 0.2) is 0 Å². The van der Waals surface area contributed by atoms with Crippen molar-refractivity contribution in [1.29, 1.82) is 0 Å². The van der Waals surface area contributed by atoms with Crippen molar-refractivity contribution in [2.75, 3.05) is 0 Å². The highest BCUT2D eigenvalue weighted by molar-refractivity contribution is 7.85. The molecule has 0 fully saturated rings. The zero-order chi connectivity index (χ0) is 11.5. The summed E-state index contributed by atoms with van der Waals surface area (Å²) >= 11 is 0. The van der Waals surface area contributed by atoms with E-state index < -0.39 is 10.1 Å². The van der Waals surface area contributed by atoms with Crippen LogP contribution < -0.4 is 4.74 Å². The predicted octanol–water partition coefficient (Wildman–Crippen LogP) is 2.01. The summed E-state index contributed by atoms with van der Waals surface area (Å²) < 4.78 is 35.3. The highest BCUT2D eigenvalue weighted by atomic mass is 32.2. The Hall–Kier alpha value is -1.59. The number of hydrogen-bond donors (Lipinski definition) is 1. The van der Waals surface area contributed by atoms with Crippen molar-refractivity contribution in [1.82, 2.24) is 0 Å². The minimum atomic E-state index is -4.15. The Labute approximate surface area is 88.3 Å². The lowest BCUT2D eigenvalue weighted by molar-refractivity contribution is 0.446. The third-order valence-corrected chi connectivity index (χ3v) is 2.47. The minimum absolute atomic E-state index is 0.181. The van der Waals surface area contributed by atoms with Crippen molar-refractivity contribution < 1.29 is 17.7 Å². The molecular weight excluding hydrogens is 216 g/mol. The fourth-order valence-electron chi connectivity index (χ4n) is 0.873. The summed E-state index contributed by atoms with van der Waals surface area (Å²) in [5.41, 5.74) is 0. The topological polar surface area (TPSA) is 63.6 Å². The lowest BCUT2D eigenvalue weighted by Gasteiger charge is -2.04. The van der Waals surface area contributed by atoms with E-state index in [1.807, 2.05) is 0 Å². The molecule has 15 heavy (non-hydrogen) atoms. The molecule has 0 radical (unpaired) electrons. The molecule has 1 aromatic rings. The molecule has 80 valence electrons. The maximum Gasteiger partial charge on any atom is 0.294 e. The molecular formula is C10H10O4S. The van der Waals surface area contributed by atoms with Gasteiger partial charge in [-0.3, -0.25) is 4.55 Å². The highest BCUT2D eigenvalue weighted by Gasteiger charge is 2.08. The summed E-state index contributed by atoms with van der Waals surface area (Å²) in [6.45, 7) is 6.98. The Morgan fingerprint density at radius 1 is 1.33 bits per heavy atom. The molecule has 1 aromatic carbocycles. The van der Waals surface area contributed by atoms with E-state index in [0.29, 0.717) is 11.5 Å². The third kappa shape index (κ3) is 3.23. The lowest BCUT2D eigenvalue weighted by Crippen LogP contribution is -1.97. The van der Waals surface area contributed by atoms with Gasteiger partial charge in [0.05, 0.1) is 4.90 Å². The number of ether oxygens (including phenoxy) is 1. The largest absolute Gasteiger partial charge is 0.458 e. The van der Waals surface area contributed by atoms with Gasteiger partial charge >= 0.3 is 0 Å². The van der Waals surface area contributed by atoms with Crippen molar-refractivity contribution in [3.8, 4) is 5.75 Å². The summed E-state index contributed by atoms with van der Waals surface area (Å²) in [5, 5.41) is 0. The van der Waals surface area contributed by atoms with Crippen LogP contribution in [0.3, 0.4) is 0 Å². The quantitative estimate of drug-likeness (QED) is 0.484. The Morgan fingerprint density at radius 2 is 1.87 bits per heavy atom. The average Bonchev–Trinajstić information content (AvgIpc) is 2.17. The van der Waals surface area contributed by atoms with Crippen molar-refractivity contribution in [3.05, 3.63) is 49.3 Å². The Morgan fingerprint density at radius 3 is 2.27 bits per heavy atom. The van der Waals surface area contributed by atoms with Crippen LogP contribution in [0.1, 0.15) is 0 Å². The normalized spacial score (nSPS) is 10.7. The Balaban J connectivity index is 2.91. The first-order chi connectivity index (χ1) is 6.93. The van der Waals surface area contributed by atoms with Crippen molar-refractivity contribution in [2.45, 2.75) is 4.90 Å². The molecule has 4 nitrogen and oxygen atoms in total. The van der Waals surface area contributed by atoms with Crippen LogP contribution in [0.4, 0.5) is 0 Å². The van der Waals surface area contributed by atoms with Gasteiger partial charge in [-0.15, -0.1) is 0 Å². The van der Waals surface area contributed by atoms with Gasteiger partial charge in [0, 0.05) is 0 Å². The second kappa shape index (κ2) is 4.29. The molecule has 0 unspecified atom stereocenters. The molecule has 0 spiro atoms. The molecule has 0 saturated heterocycles. The van der Waals surface area contributed by atoms with Crippen LogP contribution in [0.5, 0.6) is 5.75 Å². The van der Waals surface area contributed by atoms with Gasteiger partial charge in [-0.05, 0) is 30.3 Å². The fourth-order valence-corrected chi connectivity index (χ4v) is 1.35. The van der Waals surface area contributed by atoms with E-state index in [2.05, 4.69) is 13.2 Å². The van der Waals surface area contributed by atoms with Crippen LogP contribution in [0.2, 0.25) is 0 Å². The first kappa shape index (κ1) is 11.5. The highest BCUT2D eigenvalue weighted by Crippen LogP contribution is 2.17. The number of rotatable bonds is 4. The summed E-state index contributed by atoms with van der Waals surface area (Å²) in [6, 6.07) is 5.30. The second-order valence-electron chi connectivity index (χ2n) is 2.72. The second-order valence-corrected chi connectivity index (χ2v) is 4.14. The van der Waals surface area contributed by atoms with Crippen LogP contribution in [0.25, 0.3) is 0 Å². The van der Waals surface area contributed by atoms with Gasteiger partial charge in [-0.1, -0.05) is 13.2 Å². The lowest BCUT2D eigenvalue weighted by atomic mass is 10.3. The number of allylic oxidation sites excluding steroid dienone is 1. The molecule has 0 aliphatic carbocycles. The third-order valence-electron chi connectivity index (χ3n) is 1.60. The summed E-state index contributed by atoms with van der Waals surface area (Å²) in [7, 11) is -4.15. The maximum atomic E-state index is 10.7. The number of benzene rings is 1. The molecule has 0 bridgehead atoms. The predicted molar refractivity (Wildman–Crippen MR) is 56.2 cm³/mol. The SMILES string of the molecule is C=CC(=C)Oc1ccc(S(=O)(=O)O)cc1. The van der Waals surface area contributed by atoms with Crippen molar-refractivity contribution >= 4 is 10.1 Å². The molecule has 0 heterocycles. The van der Waals surface area contributed by atoms with Crippen LogP contribution in [0, 0.1) is 0 Å². The van der Waals surface area contributed by atoms with E-state index >= 15 is 0 Å². The molecule has 0 aliphatic heterocycles. The zero-order valence-corrected chi connectivity index (χ0v) is 8.70. The molecule has 0 saturated carbocycles. The molecule has 0 atom stereocenters. The van der Waals surface area contributed by atoms with E-state index in [0.717, 1.165) is 0 Å². The van der Waals surface area contributed by atoms with Gasteiger partial charge in [0.1, 0.15) is 11.5 Å². The summed E-state index contributed by atoms with van der Waals surface area (Å²) in [4.78, 5) is -0.181. The van der Waals surface area contributed by atoms with Crippen molar-refractivity contribution in [2.24, 2.45) is 0 Å². The average molecular weight is 226 g/mol. The first-order valence-electron chi connectivity index (χ1n) is 4.00. The monoisotopic (exact) mass is 226 g/mol. The first-order valence-corrected chi connectivity index (χ1v) is 5.44. The maximum absolute atomic E-state index is 10.7. The molecule has 1 rings (SSSR count). The molecule has 1 N–H and O–H groups in total. The van der Waals surface area contributed by atoms with E-state index in [-0.39, 0.29) is 4.90 Å². The molecule has 0 aliphatic rings. The van der Waals surface area contributed by atoms with Gasteiger partial charge < -0.3 is 4.74 Å². The van der Waals surface area contributed by atoms with Crippen molar-refractivity contribution in [3.63, 3.8) is 0 Å². The van der Waals surface area contributed by atoms with Gasteiger partial charge in [-0.25, -0.2) is 0 Å². The van der Waals surface area contributed by atoms with E-state index in [1.165, 1.54) is 30.3 Å². The summed E-state index contributed by atoms with van der Waals surface area (Å²) in [6.07, 6.45) is 1.43. The van der Waals surface area contributed by atoms with E-state index in [4.69, 9.17) is 9.29 Å². The van der Waals surface area contributed by atoms with Crippen LogP contribution in [0.15, 0.2) is 54.2 Å². The van der Waals surface area contributed by atoms with E-state index in [9.17, 15) is 8.42 Å². The Bertz CT molecular complexity index is 471. The molecule has 0 amide bonds. The standard InChI is InChI=1S/C10H10O4S/c1-3-8(2)14-9-4-6-10(7-5-9)15(11,12)13/h3-7H,1-2H2,(H,11,12,13).